The van der Waals surface area contributed by atoms with Crippen LogP contribution in [-0.2, 0) is 0 Å². The van der Waals surface area contributed by atoms with Gasteiger partial charge in [-0.15, -0.1) is 0 Å². The normalized spacial score (nSPS) is 22.4. The lowest BCUT2D eigenvalue weighted by atomic mass is 9.78. The van der Waals surface area contributed by atoms with Gasteiger partial charge < -0.3 is 4.57 Å². The summed E-state index contributed by atoms with van der Waals surface area (Å²) in [6.45, 7) is 4.55. The summed E-state index contributed by atoms with van der Waals surface area (Å²) in [5.41, 5.74) is 3.45. The predicted molar refractivity (Wildman–Crippen MR) is 116 cm³/mol. The second-order valence-corrected chi connectivity index (χ2v) is 8.66. The first-order valence-corrected chi connectivity index (χ1v) is 10.6. The van der Waals surface area contributed by atoms with E-state index in [9.17, 15) is 4.79 Å². The summed E-state index contributed by atoms with van der Waals surface area (Å²) in [6.07, 6.45) is 8.88. The lowest BCUT2D eigenvalue weighted by Gasteiger charge is -2.35. The third-order valence-corrected chi connectivity index (χ3v) is 6.85. The highest BCUT2D eigenvalue weighted by atomic mass is 35.5. The minimum atomic E-state index is 0.0198. The molecule has 1 aliphatic rings. The molecule has 0 saturated heterocycles. The lowest BCUT2D eigenvalue weighted by Crippen LogP contribution is -2.33. The molecule has 1 fully saturated rings. The Morgan fingerprint density at radius 3 is 2.66 bits per heavy atom. The number of aromatic nitrogens is 4. The first kappa shape index (κ1) is 18.4. The number of rotatable bonds is 2. The zero-order valence-corrected chi connectivity index (χ0v) is 17.3. The molecule has 0 N–H and O–H groups in total. The van der Waals surface area contributed by atoms with Crippen molar-refractivity contribution in [2.75, 3.05) is 0 Å². The zero-order chi connectivity index (χ0) is 20.1. The molecule has 3 atom stereocenters. The van der Waals surface area contributed by atoms with E-state index in [4.69, 9.17) is 11.6 Å². The Morgan fingerprint density at radius 2 is 1.86 bits per heavy atom. The van der Waals surface area contributed by atoms with Crippen LogP contribution in [0.4, 0.5) is 0 Å². The third kappa shape index (κ3) is 2.96. The van der Waals surface area contributed by atoms with E-state index in [1.165, 1.54) is 12.8 Å². The van der Waals surface area contributed by atoms with Gasteiger partial charge in [0.1, 0.15) is 0 Å². The quantitative estimate of drug-likeness (QED) is 0.450. The fourth-order valence-corrected chi connectivity index (χ4v) is 4.80. The van der Waals surface area contributed by atoms with Crippen LogP contribution in [0.3, 0.4) is 0 Å². The Morgan fingerprint density at radius 1 is 1.07 bits per heavy atom. The highest BCUT2D eigenvalue weighted by molar-refractivity contribution is 6.30. The second-order valence-electron chi connectivity index (χ2n) is 8.22. The van der Waals surface area contributed by atoms with E-state index in [2.05, 4.69) is 23.9 Å². The highest BCUT2D eigenvalue weighted by Gasteiger charge is 2.29. The van der Waals surface area contributed by atoms with Crippen LogP contribution >= 0.6 is 11.6 Å². The van der Waals surface area contributed by atoms with E-state index in [1.54, 1.807) is 16.9 Å². The minimum Gasteiger partial charge on any atom is -0.311 e. The van der Waals surface area contributed by atoms with Crippen molar-refractivity contribution in [2.24, 2.45) is 11.8 Å². The molecular weight excluding hydrogens is 384 g/mol. The molecule has 5 nitrogen and oxygen atoms in total. The SMILES string of the molecule is CC1CCCC(n2ccc3c(cnc4c(-c5ccc(Cl)cc5)cnn43)c2=O)C1C. The summed E-state index contributed by atoms with van der Waals surface area (Å²) >= 11 is 6.01. The van der Waals surface area contributed by atoms with Gasteiger partial charge in [0.05, 0.1) is 17.1 Å². The van der Waals surface area contributed by atoms with E-state index in [0.29, 0.717) is 22.2 Å². The number of benzene rings is 1. The molecule has 5 rings (SSSR count). The van der Waals surface area contributed by atoms with Gasteiger partial charge in [0.15, 0.2) is 5.65 Å². The van der Waals surface area contributed by atoms with E-state index >= 15 is 0 Å². The summed E-state index contributed by atoms with van der Waals surface area (Å²) < 4.78 is 3.68. The Hall–Kier alpha value is -2.66. The molecular formula is C23H23ClN4O. The molecule has 4 aromatic rings. The maximum Gasteiger partial charge on any atom is 0.261 e. The Balaban J connectivity index is 1.65. The van der Waals surface area contributed by atoms with Gasteiger partial charge in [0.25, 0.3) is 5.56 Å². The Kier molecular flexibility index (Phi) is 4.43. The maximum absolute atomic E-state index is 13.3. The van der Waals surface area contributed by atoms with E-state index in [-0.39, 0.29) is 11.6 Å². The molecule has 3 heterocycles. The molecule has 1 aromatic carbocycles. The standard InChI is InChI=1S/C23H23ClN4O/c1-14-4-3-5-20(15(14)2)27-11-10-21-19(23(27)29)12-25-22-18(13-26-28(21)22)16-6-8-17(24)9-7-16/h6-15,20H,3-5H2,1-2H3. The van der Waals surface area contributed by atoms with Crippen LogP contribution in [0.1, 0.15) is 39.2 Å². The molecule has 6 heteroatoms. The number of pyridine rings is 1. The summed E-state index contributed by atoms with van der Waals surface area (Å²) in [7, 11) is 0. The van der Waals surface area contributed by atoms with Crippen molar-refractivity contribution in [1.82, 2.24) is 19.2 Å². The largest absolute Gasteiger partial charge is 0.311 e. The molecule has 0 bridgehead atoms. The van der Waals surface area contributed by atoms with Crippen molar-refractivity contribution in [3.63, 3.8) is 0 Å². The summed E-state index contributed by atoms with van der Waals surface area (Å²) in [4.78, 5) is 17.9. The molecule has 1 aliphatic carbocycles. The molecule has 29 heavy (non-hydrogen) atoms. The summed E-state index contributed by atoms with van der Waals surface area (Å²) in [6, 6.07) is 9.85. The van der Waals surface area contributed by atoms with Gasteiger partial charge in [-0.2, -0.15) is 5.10 Å². The monoisotopic (exact) mass is 406 g/mol. The van der Waals surface area contributed by atoms with Crippen molar-refractivity contribution >= 4 is 28.2 Å². The first-order chi connectivity index (χ1) is 14.0. The lowest BCUT2D eigenvalue weighted by molar-refractivity contribution is 0.183. The number of hydrogen-bond donors (Lipinski definition) is 0. The molecule has 0 amide bonds. The fraction of sp³-hybridized carbons (Fsp3) is 0.348. The smallest absolute Gasteiger partial charge is 0.261 e. The van der Waals surface area contributed by atoms with Crippen LogP contribution in [0.2, 0.25) is 5.02 Å². The molecule has 0 spiro atoms. The molecule has 0 aliphatic heterocycles. The molecule has 148 valence electrons. The van der Waals surface area contributed by atoms with Gasteiger partial charge >= 0.3 is 0 Å². The highest BCUT2D eigenvalue weighted by Crippen LogP contribution is 2.37. The maximum atomic E-state index is 13.3. The molecule has 0 radical (unpaired) electrons. The fourth-order valence-electron chi connectivity index (χ4n) is 4.67. The van der Waals surface area contributed by atoms with Gasteiger partial charge in [-0.25, -0.2) is 9.50 Å². The zero-order valence-electron chi connectivity index (χ0n) is 16.5. The van der Waals surface area contributed by atoms with Crippen molar-refractivity contribution < 1.29 is 0 Å². The van der Waals surface area contributed by atoms with Crippen LogP contribution < -0.4 is 5.56 Å². The number of nitrogens with zero attached hydrogens (tertiary/aromatic N) is 4. The Bertz CT molecular complexity index is 1260. The average Bonchev–Trinajstić information content (AvgIpc) is 3.16. The van der Waals surface area contributed by atoms with Crippen molar-refractivity contribution in [3.8, 4) is 11.1 Å². The number of fused-ring (bicyclic) bond motifs is 3. The van der Waals surface area contributed by atoms with Gasteiger partial charge in [-0.05, 0) is 42.0 Å². The van der Waals surface area contributed by atoms with Crippen LogP contribution in [0.25, 0.3) is 27.7 Å². The number of hydrogen-bond acceptors (Lipinski definition) is 3. The average molecular weight is 407 g/mol. The minimum absolute atomic E-state index is 0.0198. The van der Waals surface area contributed by atoms with Crippen molar-refractivity contribution in [1.29, 1.82) is 0 Å². The van der Waals surface area contributed by atoms with Gasteiger partial charge in [-0.3, -0.25) is 4.79 Å². The number of halogens is 1. The summed E-state index contributed by atoms with van der Waals surface area (Å²) in [5.74, 6) is 1.11. The molecule has 1 saturated carbocycles. The van der Waals surface area contributed by atoms with Gasteiger partial charge in [-0.1, -0.05) is 50.4 Å². The first-order valence-electron chi connectivity index (χ1n) is 10.2. The summed E-state index contributed by atoms with van der Waals surface area (Å²) in [5, 5.41) is 5.83. The van der Waals surface area contributed by atoms with E-state index < -0.39 is 0 Å². The van der Waals surface area contributed by atoms with E-state index in [0.717, 1.165) is 28.7 Å². The van der Waals surface area contributed by atoms with Crippen LogP contribution in [-0.4, -0.2) is 19.2 Å². The predicted octanol–water partition coefficient (Wildman–Crippen LogP) is 5.36. The van der Waals surface area contributed by atoms with Crippen LogP contribution in [0.15, 0.2) is 53.7 Å². The topological polar surface area (TPSA) is 52.2 Å². The second kappa shape index (κ2) is 6.99. The molecule has 3 unspecified atom stereocenters. The van der Waals surface area contributed by atoms with Crippen molar-refractivity contribution in [2.45, 2.75) is 39.2 Å². The van der Waals surface area contributed by atoms with Crippen molar-refractivity contribution in [3.05, 3.63) is 64.3 Å². The van der Waals surface area contributed by atoms with Gasteiger partial charge in [0, 0.05) is 29.0 Å². The van der Waals surface area contributed by atoms with E-state index in [1.807, 2.05) is 41.1 Å². The van der Waals surface area contributed by atoms with Gasteiger partial charge in [0.2, 0.25) is 0 Å². The molecule has 3 aromatic heterocycles. The van der Waals surface area contributed by atoms with Crippen LogP contribution in [0, 0.1) is 11.8 Å². The van der Waals surface area contributed by atoms with Crippen LogP contribution in [0.5, 0.6) is 0 Å². The Labute approximate surface area is 174 Å². The third-order valence-electron chi connectivity index (χ3n) is 6.60.